The van der Waals surface area contributed by atoms with Crippen LogP contribution in [0.25, 0.3) is 0 Å². The number of ether oxygens (including phenoxy) is 2. The van der Waals surface area contributed by atoms with Gasteiger partial charge in [0.05, 0.1) is 19.4 Å². The van der Waals surface area contributed by atoms with E-state index < -0.39 is 0 Å². The van der Waals surface area contributed by atoms with Crippen LogP contribution in [0.4, 0.5) is 0 Å². The molecule has 94 valence electrons. The summed E-state index contributed by atoms with van der Waals surface area (Å²) < 4.78 is 10.8. The van der Waals surface area contributed by atoms with Crippen molar-refractivity contribution in [3.63, 3.8) is 0 Å². The van der Waals surface area contributed by atoms with Crippen molar-refractivity contribution in [1.29, 1.82) is 0 Å². The molecule has 0 radical (unpaired) electrons. The molecule has 0 saturated carbocycles. The Morgan fingerprint density at radius 1 is 1.41 bits per heavy atom. The lowest BCUT2D eigenvalue weighted by molar-refractivity contribution is -0.0798. The molecule has 2 heterocycles. The minimum atomic E-state index is 0.146. The lowest BCUT2D eigenvalue weighted by atomic mass is 9.84. The van der Waals surface area contributed by atoms with Crippen LogP contribution in [0.15, 0.2) is 18.3 Å². The molecule has 0 spiro atoms. The largest absolute Gasteiger partial charge is 0.484 e. The molecule has 0 aromatic carbocycles. The van der Waals surface area contributed by atoms with Gasteiger partial charge in [-0.05, 0) is 18.6 Å². The number of pyridine rings is 1. The number of nitrogens with zero attached hydrogens (tertiary/aromatic N) is 1. The molecule has 0 unspecified atom stereocenters. The van der Waals surface area contributed by atoms with Gasteiger partial charge >= 0.3 is 0 Å². The van der Waals surface area contributed by atoms with Crippen LogP contribution >= 0.6 is 0 Å². The van der Waals surface area contributed by atoms with Crippen molar-refractivity contribution in [2.75, 3.05) is 13.2 Å². The Balaban J connectivity index is 2.01. The van der Waals surface area contributed by atoms with Gasteiger partial charge in [-0.2, -0.15) is 0 Å². The molecule has 3 nitrogen and oxygen atoms in total. The van der Waals surface area contributed by atoms with E-state index in [9.17, 15) is 0 Å². The minimum absolute atomic E-state index is 0.146. The van der Waals surface area contributed by atoms with E-state index in [1.54, 1.807) is 0 Å². The first-order valence-corrected chi connectivity index (χ1v) is 6.33. The van der Waals surface area contributed by atoms with E-state index in [-0.39, 0.29) is 11.5 Å². The average molecular weight is 235 g/mol. The molecular weight excluding hydrogens is 214 g/mol. The highest BCUT2D eigenvalue weighted by Gasteiger charge is 2.22. The molecule has 1 aliphatic heterocycles. The zero-order valence-corrected chi connectivity index (χ0v) is 10.9. The molecule has 3 heteroatoms. The van der Waals surface area contributed by atoms with Crippen molar-refractivity contribution in [3.05, 3.63) is 24.0 Å². The van der Waals surface area contributed by atoms with Crippen LogP contribution in [0.5, 0.6) is 5.75 Å². The van der Waals surface area contributed by atoms with Gasteiger partial charge in [0.15, 0.2) is 0 Å². The van der Waals surface area contributed by atoms with Crippen molar-refractivity contribution in [2.24, 2.45) is 0 Å². The summed E-state index contributed by atoms with van der Waals surface area (Å²) in [5.74, 6) is 0.842. The SMILES string of the molecule is CCCC(C)(C)c1ccc(OC2COC2)cn1. The highest BCUT2D eigenvalue weighted by atomic mass is 16.6. The van der Waals surface area contributed by atoms with Crippen LogP contribution in [-0.2, 0) is 10.2 Å². The molecule has 1 fully saturated rings. The van der Waals surface area contributed by atoms with Gasteiger partial charge in [-0.3, -0.25) is 4.98 Å². The fraction of sp³-hybridized carbons (Fsp3) is 0.643. The third-order valence-electron chi connectivity index (χ3n) is 3.21. The standard InChI is InChI=1S/C14H21NO2/c1-4-7-14(2,3)13-6-5-11(8-15-13)17-12-9-16-10-12/h5-6,8,12H,4,7,9-10H2,1-3H3. The molecular formula is C14H21NO2. The average Bonchev–Trinajstić information content (AvgIpc) is 2.24. The smallest absolute Gasteiger partial charge is 0.145 e. The van der Waals surface area contributed by atoms with E-state index in [0.717, 1.165) is 17.9 Å². The molecule has 1 aromatic rings. The fourth-order valence-electron chi connectivity index (χ4n) is 2.08. The molecule has 17 heavy (non-hydrogen) atoms. The molecule has 1 saturated heterocycles. The van der Waals surface area contributed by atoms with Crippen LogP contribution in [0.2, 0.25) is 0 Å². The molecule has 2 rings (SSSR count). The van der Waals surface area contributed by atoms with Crippen LogP contribution in [-0.4, -0.2) is 24.3 Å². The number of hydrogen-bond donors (Lipinski definition) is 0. The Kier molecular flexibility index (Phi) is 3.67. The molecule has 0 bridgehead atoms. The van der Waals surface area contributed by atoms with E-state index in [0.29, 0.717) is 13.2 Å². The monoisotopic (exact) mass is 235 g/mol. The maximum Gasteiger partial charge on any atom is 0.145 e. The lowest BCUT2D eigenvalue weighted by Gasteiger charge is -2.27. The molecule has 1 aliphatic rings. The second kappa shape index (κ2) is 5.05. The normalized spacial score (nSPS) is 16.6. The van der Waals surface area contributed by atoms with E-state index in [2.05, 4.69) is 31.8 Å². The van der Waals surface area contributed by atoms with Crippen molar-refractivity contribution < 1.29 is 9.47 Å². The maximum atomic E-state index is 5.69. The summed E-state index contributed by atoms with van der Waals surface area (Å²) in [5.41, 5.74) is 1.28. The Hall–Kier alpha value is -1.09. The Morgan fingerprint density at radius 3 is 2.65 bits per heavy atom. The number of rotatable bonds is 5. The summed E-state index contributed by atoms with van der Waals surface area (Å²) in [5, 5.41) is 0. The van der Waals surface area contributed by atoms with Crippen LogP contribution < -0.4 is 4.74 Å². The summed E-state index contributed by atoms with van der Waals surface area (Å²) >= 11 is 0. The molecule has 0 aliphatic carbocycles. The summed E-state index contributed by atoms with van der Waals surface area (Å²) in [7, 11) is 0. The Morgan fingerprint density at radius 2 is 2.18 bits per heavy atom. The first-order chi connectivity index (χ1) is 8.12. The van der Waals surface area contributed by atoms with Gasteiger partial charge in [0, 0.05) is 11.1 Å². The van der Waals surface area contributed by atoms with E-state index >= 15 is 0 Å². The topological polar surface area (TPSA) is 31.4 Å². The summed E-state index contributed by atoms with van der Waals surface area (Å²) in [4.78, 5) is 4.51. The second-order valence-electron chi connectivity index (χ2n) is 5.29. The molecule has 1 aromatic heterocycles. The van der Waals surface area contributed by atoms with Crippen LogP contribution in [0.1, 0.15) is 39.3 Å². The third kappa shape index (κ3) is 2.97. The summed E-state index contributed by atoms with van der Waals surface area (Å²) in [6.45, 7) is 8.07. The third-order valence-corrected chi connectivity index (χ3v) is 3.21. The predicted molar refractivity (Wildman–Crippen MR) is 67.4 cm³/mol. The highest BCUT2D eigenvalue weighted by molar-refractivity contribution is 5.24. The van der Waals surface area contributed by atoms with Gasteiger partial charge in [-0.1, -0.05) is 27.2 Å². The molecule has 0 N–H and O–H groups in total. The van der Waals surface area contributed by atoms with E-state index in [4.69, 9.17) is 9.47 Å². The number of hydrogen-bond acceptors (Lipinski definition) is 3. The Labute approximate surface area is 103 Å². The van der Waals surface area contributed by atoms with Crippen molar-refractivity contribution in [1.82, 2.24) is 4.98 Å². The fourth-order valence-corrected chi connectivity index (χ4v) is 2.08. The van der Waals surface area contributed by atoms with Gasteiger partial charge < -0.3 is 9.47 Å². The van der Waals surface area contributed by atoms with Crippen LogP contribution in [0, 0.1) is 0 Å². The van der Waals surface area contributed by atoms with Gasteiger partial charge in [0.1, 0.15) is 11.9 Å². The van der Waals surface area contributed by atoms with Gasteiger partial charge in [-0.25, -0.2) is 0 Å². The first kappa shape index (κ1) is 12.4. The van der Waals surface area contributed by atoms with Crippen molar-refractivity contribution >= 4 is 0 Å². The zero-order valence-electron chi connectivity index (χ0n) is 10.9. The van der Waals surface area contributed by atoms with Crippen LogP contribution in [0.3, 0.4) is 0 Å². The van der Waals surface area contributed by atoms with Gasteiger partial charge in [0.2, 0.25) is 0 Å². The first-order valence-electron chi connectivity index (χ1n) is 6.33. The molecule has 0 amide bonds. The molecule has 0 atom stereocenters. The number of aromatic nitrogens is 1. The van der Waals surface area contributed by atoms with Gasteiger partial charge in [-0.15, -0.1) is 0 Å². The highest BCUT2D eigenvalue weighted by Crippen LogP contribution is 2.27. The lowest BCUT2D eigenvalue weighted by Crippen LogP contribution is -2.38. The van der Waals surface area contributed by atoms with Crippen molar-refractivity contribution in [3.8, 4) is 5.75 Å². The second-order valence-corrected chi connectivity index (χ2v) is 5.29. The minimum Gasteiger partial charge on any atom is -0.484 e. The quantitative estimate of drug-likeness (QED) is 0.786. The Bertz CT molecular complexity index is 355. The maximum absolute atomic E-state index is 5.69. The summed E-state index contributed by atoms with van der Waals surface area (Å²) in [6.07, 6.45) is 4.36. The zero-order chi connectivity index (χ0) is 12.3. The van der Waals surface area contributed by atoms with Gasteiger partial charge in [0.25, 0.3) is 0 Å². The predicted octanol–water partition coefficient (Wildman–Crippen LogP) is 2.94. The summed E-state index contributed by atoms with van der Waals surface area (Å²) in [6, 6.07) is 4.09. The van der Waals surface area contributed by atoms with Crippen molar-refractivity contribution in [2.45, 2.75) is 45.1 Å². The van der Waals surface area contributed by atoms with E-state index in [1.807, 2.05) is 12.3 Å². The van der Waals surface area contributed by atoms with E-state index in [1.165, 1.54) is 6.42 Å².